The normalized spacial score (nSPS) is 15.9. The molecule has 1 aliphatic rings. The van der Waals surface area contributed by atoms with Crippen molar-refractivity contribution in [2.24, 2.45) is 0 Å². The van der Waals surface area contributed by atoms with Crippen LogP contribution in [-0.4, -0.2) is 27.0 Å². The van der Waals surface area contributed by atoms with Gasteiger partial charge in [0.1, 0.15) is 18.1 Å². The number of aliphatic hydroxyl groups excluding tert-OH is 1. The summed E-state index contributed by atoms with van der Waals surface area (Å²) in [4.78, 5) is 28.4. The Kier molecular flexibility index (Phi) is 9.23. The number of aryl methyl sites for hydroxylation is 1. The summed E-state index contributed by atoms with van der Waals surface area (Å²) in [5.74, 6) is -0.766. The first kappa shape index (κ1) is 30.9. The molecule has 1 unspecified atom stereocenters. The van der Waals surface area contributed by atoms with E-state index in [1.54, 1.807) is 42.5 Å². The molecule has 5 aromatic rings. The third-order valence-corrected chi connectivity index (χ3v) is 9.99. The number of halogens is 2. The highest BCUT2D eigenvalue weighted by Gasteiger charge is 2.48. The van der Waals surface area contributed by atoms with Gasteiger partial charge in [0.25, 0.3) is 5.78 Å². The van der Waals surface area contributed by atoms with Gasteiger partial charge in [-0.05, 0) is 60.0 Å². The summed E-state index contributed by atoms with van der Waals surface area (Å²) in [6, 6.07) is 28.4. The highest BCUT2D eigenvalue weighted by molar-refractivity contribution is 8.00. The number of ether oxygens (including phenoxy) is 1. The number of hydrogen-bond acceptors (Lipinski definition) is 8. The number of anilines is 1. The summed E-state index contributed by atoms with van der Waals surface area (Å²) in [5.41, 5.74) is 4.01. The van der Waals surface area contributed by atoms with Gasteiger partial charge in [0.15, 0.2) is 4.34 Å². The molecule has 0 spiro atoms. The van der Waals surface area contributed by atoms with Crippen LogP contribution in [0.3, 0.4) is 0 Å². The van der Waals surface area contributed by atoms with Crippen LogP contribution in [0, 0.1) is 6.92 Å². The molecule has 226 valence electrons. The zero-order valence-electron chi connectivity index (χ0n) is 23.8. The predicted molar refractivity (Wildman–Crippen MR) is 179 cm³/mol. The standard InChI is InChI=1S/C34H25Cl2N3O4S2/c1-20-6-5-9-22(16-20)18-43-25-13-10-23(11-14-25)30(40)28-29(24-12-15-26(35)27(36)17-24)39(32(42)31(28)41)33-37-38-34(45-33)44-19-21-7-3-2-4-8-21/h2-17,29,40H,18-19H2,1H3/b30-28+. The highest BCUT2D eigenvalue weighted by Crippen LogP contribution is 2.45. The first-order valence-electron chi connectivity index (χ1n) is 13.8. The third-order valence-electron chi connectivity index (χ3n) is 7.13. The molecule has 45 heavy (non-hydrogen) atoms. The molecule has 2 heterocycles. The van der Waals surface area contributed by atoms with Crippen molar-refractivity contribution in [1.29, 1.82) is 0 Å². The van der Waals surface area contributed by atoms with Crippen molar-refractivity contribution in [1.82, 2.24) is 10.2 Å². The van der Waals surface area contributed by atoms with Gasteiger partial charge in [-0.3, -0.25) is 14.5 Å². The molecule has 1 aromatic heterocycles. The number of carbonyl (C=O) groups is 2. The van der Waals surface area contributed by atoms with Gasteiger partial charge in [0.05, 0.1) is 21.7 Å². The number of carbonyl (C=O) groups excluding carboxylic acids is 2. The SMILES string of the molecule is Cc1cccc(COc2ccc(/C(O)=C3\C(=O)C(=O)N(c4nnc(SCc5ccccc5)s4)C3c3ccc(Cl)c(Cl)c3)cc2)c1. The maximum absolute atomic E-state index is 13.6. The van der Waals surface area contributed by atoms with E-state index in [1.807, 2.05) is 61.5 Å². The van der Waals surface area contributed by atoms with E-state index in [2.05, 4.69) is 10.2 Å². The molecular weight excluding hydrogens is 649 g/mol. The quantitative estimate of drug-likeness (QED) is 0.0550. The molecule has 1 N–H and O–H groups in total. The second-order valence-electron chi connectivity index (χ2n) is 10.3. The third kappa shape index (κ3) is 6.77. The monoisotopic (exact) mass is 673 g/mol. The summed E-state index contributed by atoms with van der Waals surface area (Å²) < 4.78 is 6.55. The zero-order chi connectivity index (χ0) is 31.5. The first-order chi connectivity index (χ1) is 21.8. The second kappa shape index (κ2) is 13.5. The minimum absolute atomic E-state index is 0.0968. The molecule has 11 heteroatoms. The van der Waals surface area contributed by atoms with Crippen LogP contribution in [0.25, 0.3) is 5.76 Å². The van der Waals surface area contributed by atoms with Gasteiger partial charge in [-0.1, -0.05) is 113 Å². The number of hydrogen-bond donors (Lipinski definition) is 1. The van der Waals surface area contributed by atoms with Crippen LogP contribution in [0.2, 0.25) is 10.0 Å². The molecule has 0 saturated carbocycles. The lowest BCUT2D eigenvalue weighted by Gasteiger charge is -2.23. The Morgan fingerprint density at radius 1 is 0.911 bits per heavy atom. The predicted octanol–water partition coefficient (Wildman–Crippen LogP) is 8.65. The number of aliphatic hydroxyl groups is 1. The van der Waals surface area contributed by atoms with Crippen molar-refractivity contribution in [3.63, 3.8) is 0 Å². The molecule has 1 amide bonds. The van der Waals surface area contributed by atoms with E-state index in [0.29, 0.717) is 38.6 Å². The Morgan fingerprint density at radius 3 is 2.40 bits per heavy atom. The van der Waals surface area contributed by atoms with Crippen molar-refractivity contribution in [3.8, 4) is 5.75 Å². The average Bonchev–Trinajstić information content (AvgIpc) is 3.62. The zero-order valence-corrected chi connectivity index (χ0v) is 27.0. The van der Waals surface area contributed by atoms with Crippen LogP contribution < -0.4 is 9.64 Å². The van der Waals surface area contributed by atoms with Crippen LogP contribution >= 0.6 is 46.3 Å². The lowest BCUT2D eigenvalue weighted by molar-refractivity contribution is -0.132. The maximum Gasteiger partial charge on any atom is 0.301 e. The van der Waals surface area contributed by atoms with Gasteiger partial charge in [-0.25, -0.2) is 0 Å². The van der Waals surface area contributed by atoms with Gasteiger partial charge in [0, 0.05) is 11.3 Å². The van der Waals surface area contributed by atoms with Crippen molar-refractivity contribution < 1.29 is 19.4 Å². The van der Waals surface area contributed by atoms with Crippen molar-refractivity contribution in [2.45, 2.75) is 29.7 Å². The van der Waals surface area contributed by atoms with Crippen LogP contribution in [0.5, 0.6) is 5.75 Å². The lowest BCUT2D eigenvalue weighted by atomic mass is 9.95. The first-order valence-corrected chi connectivity index (χ1v) is 16.4. The topological polar surface area (TPSA) is 92.6 Å². The van der Waals surface area contributed by atoms with Crippen LogP contribution in [0.15, 0.2) is 107 Å². The molecule has 0 radical (unpaired) electrons. The summed E-state index contributed by atoms with van der Waals surface area (Å²) in [5, 5.41) is 20.8. The number of Topliss-reactive ketones (excluding diaryl/α,β-unsaturated/α-hetero) is 1. The van der Waals surface area contributed by atoms with Crippen molar-refractivity contribution in [2.75, 3.05) is 4.90 Å². The van der Waals surface area contributed by atoms with Crippen LogP contribution in [-0.2, 0) is 21.9 Å². The average molecular weight is 675 g/mol. The molecular formula is C34H25Cl2N3O4S2. The Hall–Kier alpha value is -4.15. The number of nitrogens with zero attached hydrogens (tertiary/aromatic N) is 3. The van der Waals surface area contributed by atoms with Gasteiger partial charge in [-0.2, -0.15) is 0 Å². The fraction of sp³-hybridized carbons (Fsp3) is 0.118. The minimum atomic E-state index is -1.02. The Bertz CT molecular complexity index is 1910. The van der Waals surface area contributed by atoms with Gasteiger partial charge >= 0.3 is 5.91 Å². The number of ketones is 1. The lowest BCUT2D eigenvalue weighted by Crippen LogP contribution is -2.29. The summed E-state index contributed by atoms with van der Waals surface area (Å²) in [6.07, 6.45) is 0. The van der Waals surface area contributed by atoms with E-state index in [4.69, 9.17) is 27.9 Å². The van der Waals surface area contributed by atoms with Gasteiger partial charge < -0.3 is 9.84 Å². The Balaban J connectivity index is 1.32. The Morgan fingerprint density at radius 2 is 1.67 bits per heavy atom. The van der Waals surface area contributed by atoms with Crippen LogP contribution in [0.4, 0.5) is 5.13 Å². The van der Waals surface area contributed by atoms with E-state index in [1.165, 1.54) is 28.0 Å². The number of aromatic nitrogens is 2. The summed E-state index contributed by atoms with van der Waals surface area (Å²) >= 11 is 15.2. The van der Waals surface area contributed by atoms with Gasteiger partial charge in [0.2, 0.25) is 5.13 Å². The minimum Gasteiger partial charge on any atom is -0.507 e. The molecule has 7 nitrogen and oxygen atoms in total. The largest absolute Gasteiger partial charge is 0.507 e. The molecule has 1 atom stereocenters. The van der Waals surface area contributed by atoms with Gasteiger partial charge in [-0.15, -0.1) is 10.2 Å². The molecule has 1 fully saturated rings. The molecule has 0 aliphatic carbocycles. The van der Waals surface area contributed by atoms with E-state index in [9.17, 15) is 14.7 Å². The number of benzene rings is 4. The second-order valence-corrected chi connectivity index (χ2v) is 13.3. The molecule has 1 aliphatic heterocycles. The van der Waals surface area contributed by atoms with E-state index in [0.717, 1.165) is 16.7 Å². The van der Waals surface area contributed by atoms with E-state index >= 15 is 0 Å². The van der Waals surface area contributed by atoms with E-state index < -0.39 is 17.7 Å². The van der Waals surface area contributed by atoms with Crippen LogP contribution in [0.1, 0.15) is 33.9 Å². The summed E-state index contributed by atoms with van der Waals surface area (Å²) in [6.45, 7) is 2.40. The fourth-order valence-electron chi connectivity index (χ4n) is 4.94. The number of thioether (sulfide) groups is 1. The molecule has 1 saturated heterocycles. The van der Waals surface area contributed by atoms with Crippen molar-refractivity contribution >= 4 is 68.9 Å². The number of rotatable bonds is 9. The Labute approximate surface area is 278 Å². The van der Waals surface area contributed by atoms with Crippen molar-refractivity contribution in [3.05, 3.63) is 140 Å². The molecule has 6 rings (SSSR count). The maximum atomic E-state index is 13.6. The summed E-state index contributed by atoms with van der Waals surface area (Å²) in [7, 11) is 0. The molecule has 0 bridgehead atoms. The molecule has 4 aromatic carbocycles. The van der Waals surface area contributed by atoms with E-state index in [-0.39, 0.29) is 21.5 Å². The highest BCUT2D eigenvalue weighted by atomic mass is 35.5. The smallest absolute Gasteiger partial charge is 0.301 e. The fourth-order valence-corrected chi connectivity index (χ4v) is 7.07. The number of amides is 1.